The molecular formula is C12H24N2O5S3. The first-order chi connectivity index (χ1) is 10.8. The van der Waals surface area contributed by atoms with E-state index in [2.05, 4.69) is 24.8 Å². The van der Waals surface area contributed by atoms with E-state index in [1.54, 1.807) is 11.8 Å². The van der Waals surface area contributed by atoms with Gasteiger partial charge in [0.25, 0.3) is 0 Å². The van der Waals surface area contributed by atoms with Crippen molar-refractivity contribution in [1.82, 2.24) is 5.32 Å². The number of alkyl carbamates (subject to hydrolysis) is 1. The fourth-order valence-electron chi connectivity index (χ4n) is 0.983. The molecule has 2 N–H and O–H groups in total. The lowest BCUT2D eigenvalue weighted by Gasteiger charge is -2.05. The van der Waals surface area contributed by atoms with Gasteiger partial charge in [-0.05, 0) is 6.92 Å². The SMILES string of the molecule is CCOO/C=N/CCSCSCSCCNC(=O)OCCO. The minimum Gasteiger partial charge on any atom is -0.447 e. The summed E-state index contributed by atoms with van der Waals surface area (Å²) in [5.74, 6) is 1.78. The molecule has 10 heteroatoms. The van der Waals surface area contributed by atoms with Gasteiger partial charge in [0.2, 0.25) is 6.40 Å². The Hall–Kier alpha value is -0.290. The van der Waals surface area contributed by atoms with Crippen molar-refractivity contribution in [2.24, 2.45) is 4.99 Å². The minimum absolute atomic E-state index is 0.0356. The molecule has 0 spiro atoms. The molecule has 0 unspecified atom stereocenters. The Morgan fingerprint density at radius 1 is 1.27 bits per heavy atom. The number of hydrogen-bond acceptors (Lipinski definition) is 9. The zero-order valence-corrected chi connectivity index (χ0v) is 15.1. The smallest absolute Gasteiger partial charge is 0.407 e. The van der Waals surface area contributed by atoms with Crippen LogP contribution in [0.1, 0.15) is 6.92 Å². The van der Waals surface area contributed by atoms with Gasteiger partial charge in [-0.3, -0.25) is 4.99 Å². The van der Waals surface area contributed by atoms with Gasteiger partial charge in [-0.1, -0.05) is 0 Å². The second kappa shape index (κ2) is 18.8. The highest BCUT2D eigenvalue weighted by Gasteiger charge is 1.99. The van der Waals surface area contributed by atoms with E-state index in [9.17, 15) is 4.79 Å². The molecule has 0 aromatic rings. The molecule has 0 aliphatic heterocycles. The number of nitrogens with one attached hydrogen (secondary N) is 1. The summed E-state index contributed by atoms with van der Waals surface area (Å²) in [4.78, 5) is 24.4. The zero-order valence-electron chi connectivity index (χ0n) is 12.7. The van der Waals surface area contributed by atoms with Crippen LogP contribution in [0.5, 0.6) is 0 Å². The number of nitrogens with zero attached hydrogens (tertiary/aromatic N) is 1. The van der Waals surface area contributed by atoms with Gasteiger partial charge < -0.3 is 20.0 Å². The Labute approximate surface area is 144 Å². The van der Waals surface area contributed by atoms with Gasteiger partial charge in [0.15, 0.2) is 0 Å². The third kappa shape index (κ3) is 17.8. The minimum atomic E-state index is -0.480. The maximum absolute atomic E-state index is 11.0. The first-order valence-corrected chi connectivity index (χ1v) is 10.3. The van der Waals surface area contributed by atoms with Crippen LogP contribution in [0.3, 0.4) is 0 Å². The highest BCUT2D eigenvalue weighted by atomic mass is 32.2. The van der Waals surface area contributed by atoms with Gasteiger partial charge in [0.1, 0.15) is 6.61 Å². The third-order valence-electron chi connectivity index (χ3n) is 1.84. The molecule has 1 amide bonds. The second-order valence-electron chi connectivity index (χ2n) is 3.56. The molecule has 0 aliphatic rings. The first kappa shape index (κ1) is 21.7. The Bertz CT molecular complexity index is 285. The van der Waals surface area contributed by atoms with E-state index in [0.29, 0.717) is 19.7 Å². The van der Waals surface area contributed by atoms with Crippen LogP contribution < -0.4 is 5.32 Å². The van der Waals surface area contributed by atoms with Crippen molar-refractivity contribution in [3.63, 3.8) is 0 Å². The molecule has 0 atom stereocenters. The van der Waals surface area contributed by atoms with Crippen LogP contribution in [0.15, 0.2) is 4.99 Å². The van der Waals surface area contributed by atoms with E-state index >= 15 is 0 Å². The quantitative estimate of drug-likeness (QED) is 0.112. The van der Waals surface area contributed by atoms with Crippen molar-refractivity contribution in [1.29, 1.82) is 0 Å². The van der Waals surface area contributed by atoms with E-state index in [1.165, 1.54) is 6.40 Å². The van der Waals surface area contributed by atoms with Gasteiger partial charge in [0, 0.05) is 28.2 Å². The van der Waals surface area contributed by atoms with Crippen LogP contribution in [0.25, 0.3) is 0 Å². The molecule has 0 saturated carbocycles. The standard InChI is InChI=1S/C12H24N2O5S3/c1-2-18-19-9-13-3-7-20-10-22-11-21-8-4-14-12(16)17-6-5-15/h9,15H,2-8,10-11H2,1H3,(H,14,16)/b13-9+. The van der Waals surface area contributed by atoms with Crippen LogP contribution in [-0.2, 0) is 14.5 Å². The Kier molecular flexibility index (Phi) is 18.5. The van der Waals surface area contributed by atoms with E-state index < -0.39 is 6.09 Å². The lowest BCUT2D eigenvalue weighted by Crippen LogP contribution is -2.27. The summed E-state index contributed by atoms with van der Waals surface area (Å²) in [6, 6.07) is 0. The number of carbonyl (C=O) groups excluding carboxylic acids is 1. The lowest BCUT2D eigenvalue weighted by molar-refractivity contribution is -0.211. The number of amides is 1. The van der Waals surface area contributed by atoms with Crippen molar-refractivity contribution in [3.8, 4) is 0 Å². The molecular weight excluding hydrogens is 348 g/mol. The van der Waals surface area contributed by atoms with Gasteiger partial charge >= 0.3 is 6.09 Å². The number of rotatable bonds is 15. The predicted molar refractivity (Wildman–Crippen MR) is 94.7 cm³/mol. The molecule has 0 aliphatic carbocycles. The maximum atomic E-state index is 11.0. The van der Waals surface area contributed by atoms with E-state index in [1.807, 2.05) is 30.4 Å². The monoisotopic (exact) mass is 372 g/mol. The van der Waals surface area contributed by atoms with E-state index in [4.69, 9.17) is 5.11 Å². The van der Waals surface area contributed by atoms with Gasteiger partial charge in [-0.25, -0.2) is 4.79 Å². The number of aliphatic imine (C=N–C) groups is 1. The van der Waals surface area contributed by atoms with Crippen molar-refractivity contribution in [3.05, 3.63) is 0 Å². The molecule has 7 nitrogen and oxygen atoms in total. The summed E-state index contributed by atoms with van der Waals surface area (Å²) in [5.41, 5.74) is 0. The Morgan fingerprint density at radius 2 is 2.05 bits per heavy atom. The van der Waals surface area contributed by atoms with Crippen molar-refractivity contribution in [2.75, 3.05) is 54.6 Å². The summed E-state index contributed by atoms with van der Waals surface area (Å²) >= 11 is 5.42. The van der Waals surface area contributed by atoms with Crippen LogP contribution in [0.4, 0.5) is 4.79 Å². The average Bonchev–Trinajstić information content (AvgIpc) is 2.53. The molecule has 0 radical (unpaired) electrons. The van der Waals surface area contributed by atoms with Crippen LogP contribution in [0, 0.1) is 0 Å². The molecule has 22 heavy (non-hydrogen) atoms. The highest BCUT2D eigenvalue weighted by Crippen LogP contribution is 2.17. The largest absolute Gasteiger partial charge is 0.447 e. The molecule has 0 saturated heterocycles. The normalized spacial score (nSPS) is 10.8. The van der Waals surface area contributed by atoms with E-state index in [0.717, 1.165) is 21.7 Å². The van der Waals surface area contributed by atoms with Crippen LogP contribution in [-0.4, -0.2) is 72.2 Å². The molecule has 0 aromatic heterocycles. The molecule has 0 heterocycles. The summed E-state index contributed by atoms with van der Waals surface area (Å²) < 4.78 is 4.66. The summed E-state index contributed by atoms with van der Waals surface area (Å²) in [6.45, 7) is 3.52. The summed E-state index contributed by atoms with van der Waals surface area (Å²) in [5, 5.41) is 13.1. The number of hydrogen-bond donors (Lipinski definition) is 2. The fraction of sp³-hybridized carbons (Fsp3) is 0.833. The zero-order chi connectivity index (χ0) is 16.3. The molecule has 0 aromatic carbocycles. The highest BCUT2D eigenvalue weighted by molar-refractivity contribution is 8.22. The number of aliphatic hydroxyl groups excluding tert-OH is 1. The topological polar surface area (TPSA) is 89.4 Å². The number of carbonyl (C=O) groups is 1. The van der Waals surface area contributed by atoms with Gasteiger partial charge in [-0.15, -0.1) is 35.3 Å². The average molecular weight is 373 g/mol. The Balaban J connectivity index is 3.11. The maximum Gasteiger partial charge on any atom is 0.407 e. The third-order valence-corrected chi connectivity index (χ3v) is 5.47. The number of thioether (sulfide) groups is 3. The molecule has 130 valence electrons. The number of aliphatic hydroxyl groups is 1. The molecule has 0 bridgehead atoms. The van der Waals surface area contributed by atoms with Crippen molar-refractivity contribution < 1.29 is 24.4 Å². The summed E-state index contributed by atoms with van der Waals surface area (Å²) in [6.07, 6.45) is 0.845. The molecule has 0 rings (SSSR count). The van der Waals surface area contributed by atoms with Crippen LogP contribution >= 0.6 is 35.3 Å². The lowest BCUT2D eigenvalue weighted by atomic mass is 10.7. The Morgan fingerprint density at radius 3 is 2.77 bits per heavy atom. The van der Waals surface area contributed by atoms with Gasteiger partial charge in [-0.2, -0.15) is 4.89 Å². The first-order valence-electron chi connectivity index (χ1n) is 6.82. The van der Waals surface area contributed by atoms with Crippen molar-refractivity contribution >= 4 is 47.8 Å². The van der Waals surface area contributed by atoms with Crippen LogP contribution in [0.2, 0.25) is 0 Å². The molecule has 0 fully saturated rings. The predicted octanol–water partition coefficient (Wildman–Crippen LogP) is 1.82. The van der Waals surface area contributed by atoms with Crippen molar-refractivity contribution in [2.45, 2.75) is 6.92 Å². The van der Waals surface area contributed by atoms with Gasteiger partial charge in [0.05, 0.1) is 19.8 Å². The summed E-state index contributed by atoms with van der Waals surface area (Å²) in [7, 11) is 0. The fourth-order valence-corrected chi connectivity index (χ4v) is 4.23. The second-order valence-corrected chi connectivity index (χ2v) is 7.48. The van der Waals surface area contributed by atoms with E-state index in [-0.39, 0.29) is 13.2 Å². The number of ether oxygens (including phenoxy) is 1.